The van der Waals surface area contributed by atoms with Crippen LogP contribution in [-0.4, -0.2) is 28.7 Å². The van der Waals surface area contributed by atoms with E-state index in [1.807, 2.05) is 60.7 Å². The van der Waals surface area contributed by atoms with E-state index in [1.54, 1.807) is 42.4 Å². The van der Waals surface area contributed by atoms with Gasteiger partial charge in [-0.2, -0.15) is 0 Å². The highest BCUT2D eigenvalue weighted by molar-refractivity contribution is 6.08. The Kier molecular flexibility index (Phi) is 5.52. The van der Waals surface area contributed by atoms with Crippen LogP contribution in [0.15, 0.2) is 91.1 Å². The molecule has 0 fully saturated rings. The predicted molar refractivity (Wildman–Crippen MR) is 118 cm³/mol. The van der Waals surface area contributed by atoms with Crippen molar-refractivity contribution in [3.05, 3.63) is 108 Å². The number of carbonyl (C=O) groups excluding carboxylic acids is 2. The van der Waals surface area contributed by atoms with Gasteiger partial charge in [-0.3, -0.25) is 14.6 Å². The third-order valence-electron chi connectivity index (χ3n) is 4.88. The number of carbonyl (C=O) groups is 2. The smallest absolute Gasteiger partial charge is 0.255 e. The highest BCUT2D eigenvalue weighted by atomic mass is 16.2. The van der Waals surface area contributed by atoms with E-state index < -0.39 is 0 Å². The van der Waals surface area contributed by atoms with Crippen molar-refractivity contribution < 1.29 is 9.59 Å². The summed E-state index contributed by atoms with van der Waals surface area (Å²) in [6.45, 7) is 0.524. The van der Waals surface area contributed by atoms with E-state index in [-0.39, 0.29) is 11.8 Å². The predicted octanol–water partition coefficient (Wildman–Crippen LogP) is 4.76. The van der Waals surface area contributed by atoms with Crippen LogP contribution >= 0.6 is 0 Å². The Morgan fingerprint density at radius 1 is 0.833 bits per heavy atom. The molecule has 1 aromatic heterocycles. The number of benzene rings is 3. The monoisotopic (exact) mass is 395 g/mol. The Bertz CT molecular complexity index is 1180. The molecule has 0 aliphatic rings. The van der Waals surface area contributed by atoms with Crippen molar-refractivity contribution in [3.8, 4) is 0 Å². The van der Waals surface area contributed by atoms with Gasteiger partial charge in [-0.25, -0.2) is 0 Å². The van der Waals surface area contributed by atoms with E-state index in [1.165, 1.54) is 0 Å². The minimum Gasteiger partial charge on any atom is -0.337 e. The zero-order valence-corrected chi connectivity index (χ0v) is 16.6. The van der Waals surface area contributed by atoms with Crippen LogP contribution in [0.4, 0.5) is 5.69 Å². The first-order valence-corrected chi connectivity index (χ1v) is 9.66. The average Bonchev–Trinajstić information content (AvgIpc) is 2.79. The van der Waals surface area contributed by atoms with Crippen molar-refractivity contribution in [1.82, 2.24) is 9.88 Å². The Hall–Kier alpha value is -3.99. The highest BCUT2D eigenvalue weighted by Crippen LogP contribution is 2.21. The van der Waals surface area contributed by atoms with E-state index in [0.717, 1.165) is 16.5 Å². The fourth-order valence-electron chi connectivity index (χ4n) is 3.31. The fourth-order valence-corrected chi connectivity index (χ4v) is 3.31. The molecule has 0 aliphatic carbocycles. The van der Waals surface area contributed by atoms with Gasteiger partial charge in [0.2, 0.25) is 0 Å². The molecule has 0 saturated heterocycles. The second kappa shape index (κ2) is 8.57. The number of rotatable bonds is 5. The number of anilines is 1. The van der Waals surface area contributed by atoms with Crippen LogP contribution in [0.25, 0.3) is 10.9 Å². The van der Waals surface area contributed by atoms with Crippen LogP contribution in [0.1, 0.15) is 26.3 Å². The number of pyridine rings is 1. The third kappa shape index (κ3) is 4.20. The maximum Gasteiger partial charge on any atom is 0.255 e. The van der Waals surface area contributed by atoms with E-state index in [9.17, 15) is 9.59 Å². The van der Waals surface area contributed by atoms with E-state index >= 15 is 0 Å². The summed E-state index contributed by atoms with van der Waals surface area (Å²) >= 11 is 0. The van der Waals surface area contributed by atoms with Gasteiger partial charge in [0.1, 0.15) is 0 Å². The van der Waals surface area contributed by atoms with Crippen molar-refractivity contribution in [2.75, 3.05) is 12.4 Å². The summed E-state index contributed by atoms with van der Waals surface area (Å²) in [5.74, 6) is -0.339. The molecule has 0 bridgehead atoms. The topological polar surface area (TPSA) is 62.3 Å². The number of nitrogens with zero attached hydrogens (tertiary/aromatic N) is 2. The molecule has 5 heteroatoms. The molecule has 148 valence electrons. The van der Waals surface area contributed by atoms with Crippen LogP contribution in [0, 0.1) is 0 Å². The van der Waals surface area contributed by atoms with Gasteiger partial charge in [0, 0.05) is 36.3 Å². The number of para-hydroxylation sites is 1. The standard InChI is InChI=1S/C25H21N3O2/c1-28(17-18-7-3-2-4-8-18)25(30)21-14-12-20(13-15-21)24(29)27-22-11-5-9-19-10-6-16-26-23(19)22/h2-16H,17H2,1H3,(H,27,29). The molecule has 4 aromatic rings. The minimum absolute atomic E-state index is 0.0935. The quantitative estimate of drug-likeness (QED) is 0.530. The number of aromatic nitrogens is 1. The molecule has 0 saturated carbocycles. The molecule has 1 N–H and O–H groups in total. The van der Waals surface area contributed by atoms with Gasteiger partial charge < -0.3 is 10.2 Å². The molecular formula is C25H21N3O2. The fraction of sp³-hybridized carbons (Fsp3) is 0.0800. The zero-order chi connectivity index (χ0) is 20.9. The van der Waals surface area contributed by atoms with Crippen molar-refractivity contribution >= 4 is 28.4 Å². The summed E-state index contributed by atoms with van der Waals surface area (Å²) in [4.78, 5) is 31.4. The molecule has 1 heterocycles. The molecule has 0 radical (unpaired) electrons. The summed E-state index contributed by atoms with van der Waals surface area (Å²) in [6, 6.07) is 26.0. The summed E-state index contributed by atoms with van der Waals surface area (Å²) in [7, 11) is 1.77. The number of fused-ring (bicyclic) bond motifs is 1. The van der Waals surface area contributed by atoms with Crippen molar-refractivity contribution in [2.24, 2.45) is 0 Å². The normalized spacial score (nSPS) is 10.6. The molecule has 0 atom stereocenters. The molecule has 0 unspecified atom stereocenters. The largest absolute Gasteiger partial charge is 0.337 e. The summed E-state index contributed by atoms with van der Waals surface area (Å²) in [5, 5.41) is 3.86. The van der Waals surface area contributed by atoms with Crippen LogP contribution < -0.4 is 5.32 Å². The van der Waals surface area contributed by atoms with Gasteiger partial charge in [-0.05, 0) is 42.0 Å². The third-order valence-corrected chi connectivity index (χ3v) is 4.88. The van der Waals surface area contributed by atoms with Gasteiger partial charge in [-0.15, -0.1) is 0 Å². The molecule has 4 rings (SSSR count). The second-order valence-corrected chi connectivity index (χ2v) is 7.06. The number of hydrogen-bond donors (Lipinski definition) is 1. The molecule has 5 nitrogen and oxygen atoms in total. The van der Waals surface area contributed by atoms with Crippen molar-refractivity contribution in [2.45, 2.75) is 6.54 Å². The van der Waals surface area contributed by atoms with Crippen LogP contribution in [0.2, 0.25) is 0 Å². The number of hydrogen-bond acceptors (Lipinski definition) is 3. The maximum absolute atomic E-state index is 12.7. The van der Waals surface area contributed by atoms with Crippen molar-refractivity contribution in [1.29, 1.82) is 0 Å². The molecule has 0 spiro atoms. The highest BCUT2D eigenvalue weighted by Gasteiger charge is 2.14. The van der Waals surface area contributed by atoms with Crippen molar-refractivity contribution in [3.63, 3.8) is 0 Å². The average molecular weight is 395 g/mol. The van der Waals surface area contributed by atoms with E-state index in [4.69, 9.17) is 0 Å². The Balaban J connectivity index is 1.46. The van der Waals surface area contributed by atoms with Gasteiger partial charge in [0.05, 0.1) is 11.2 Å². The lowest BCUT2D eigenvalue weighted by Gasteiger charge is -2.17. The Labute approximate surface area is 175 Å². The lowest BCUT2D eigenvalue weighted by Crippen LogP contribution is -2.26. The summed E-state index contributed by atoms with van der Waals surface area (Å²) < 4.78 is 0. The molecule has 0 aliphatic heterocycles. The van der Waals surface area contributed by atoms with Gasteiger partial charge >= 0.3 is 0 Å². The van der Waals surface area contributed by atoms with E-state index in [2.05, 4.69) is 10.3 Å². The van der Waals surface area contributed by atoms with Crippen LogP contribution in [0.3, 0.4) is 0 Å². The lowest BCUT2D eigenvalue weighted by atomic mass is 10.1. The Morgan fingerprint density at radius 2 is 1.53 bits per heavy atom. The minimum atomic E-state index is -0.246. The van der Waals surface area contributed by atoms with Gasteiger partial charge in [0.25, 0.3) is 11.8 Å². The van der Waals surface area contributed by atoms with Gasteiger partial charge in [0.15, 0.2) is 0 Å². The maximum atomic E-state index is 12.7. The van der Waals surface area contributed by atoms with E-state index in [0.29, 0.717) is 23.4 Å². The summed E-state index contributed by atoms with van der Waals surface area (Å²) in [5.41, 5.74) is 3.47. The molecular weight excluding hydrogens is 374 g/mol. The van der Waals surface area contributed by atoms with Gasteiger partial charge in [-0.1, -0.05) is 48.5 Å². The summed E-state index contributed by atoms with van der Waals surface area (Å²) in [6.07, 6.45) is 1.70. The Morgan fingerprint density at radius 3 is 2.30 bits per heavy atom. The van der Waals surface area contributed by atoms with Crippen LogP contribution in [0.5, 0.6) is 0 Å². The lowest BCUT2D eigenvalue weighted by molar-refractivity contribution is 0.0784. The van der Waals surface area contributed by atoms with Crippen LogP contribution in [-0.2, 0) is 6.54 Å². The molecule has 30 heavy (non-hydrogen) atoms. The molecule has 2 amide bonds. The molecule has 3 aromatic carbocycles. The second-order valence-electron chi connectivity index (χ2n) is 7.06. The number of amides is 2. The first-order chi connectivity index (χ1) is 14.6. The first-order valence-electron chi connectivity index (χ1n) is 9.66. The zero-order valence-electron chi connectivity index (χ0n) is 16.6. The SMILES string of the molecule is CN(Cc1ccccc1)C(=O)c1ccc(C(=O)Nc2cccc3cccnc23)cc1. The first kappa shape index (κ1) is 19.3. The number of nitrogens with one attached hydrogen (secondary N) is 1.